The number of halogens is 1. The largest absolute Gasteiger partial charge is 0.477 e. The van der Waals surface area contributed by atoms with E-state index in [4.69, 9.17) is 5.11 Å². The average Bonchev–Trinajstić information content (AvgIpc) is 3.25. The molecule has 1 aromatic rings. The number of aliphatic hydroxyl groups excluding tert-OH is 1. The summed E-state index contributed by atoms with van der Waals surface area (Å²) in [6, 6.07) is 3.55. The van der Waals surface area contributed by atoms with Crippen molar-refractivity contribution in [2.75, 3.05) is 0 Å². The predicted molar refractivity (Wildman–Crippen MR) is 114 cm³/mol. The molecule has 1 aromatic heterocycles. The van der Waals surface area contributed by atoms with Crippen LogP contribution in [0.25, 0.3) is 0 Å². The molecule has 0 spiro atoms. The van der Waals surface area contributed by atoms with Crippen molar-refractivity contribution in [2.45, 2.75) is 90.3 Å². The van der Waals surface area contributed by atoms with Gasteiger partial charge in [0.2, 0.25) is 0 Å². The zero-order chi connectivity index (χ0) is 20.6. The number of hydrogen-bond donors (Lipinski definition) is 2. The summed E-state index contributed by atoms with van der Waals surface area (Å²) in [7, 11) is 0. The fourth-order valence-electron chi connectivity index (χ4n) is 4.22. The first-order chi connectivity index (χ1) is 13.4. The second kappa shape index (κ2) is 11.1. The topological polar surface area (TPSA) is 57.5 Å². The van der Waals surface area contributed by atoms with E-state index in [9.17, 15) is 14.3 Å². The highest BCUT2D eigenvalue weighted by molar-refractivity contribution is 7.13. The summed E-state index contributed by atoms with van der Waals surface area (Å²) in [5.41, 5.74) is 0.176. The highest BCUT2D eigenvalue weighted by atomic mass is 32.1. The maximum absolute atomic E-state index is 13.4. The summed E-state index contributed by atoms with van der Waals surface area (Å²) in [6.07, 6.45) is 13.3. The third-order valence-corrected chi connectivity index (χ3v) is 7.49. The zero-order valence-corrected chi connectivity index (χ0v) is 18.0. The Kier molecular flexibility index (Phi) is 9.16. The number of hydrogen-bond acceptors (Lipinski definition) is 3. The molecule has 0 amide bonds. The first kappa shape index (κ1) is 23.1. The summed E-state index contributed by atoms with van der Waals surface area (Å²) < 4.78 is 13.4. The van der Waals surface area contributed by atoms with E-state index >= 15 is 0 Å². The number of allylic oxidation sites excluding steroid dienone is 1. The Morgan fingerprint density at radius 3 is 2.54 bits per heavy atom. The van der Waals surface area contributed by atoms with Gasteiger partial charge >= 0.3 is 5.97 Å². The van der Waals surface area contributed by atoms with Gasteiger partial charge in [0.15, 0.2) is 0 Å². The molecule has 0 aromatic carbocycles. The third-order valence-electron chi connectivity index (χ3n) is 6.35. The van der Waals surface area contributed by atoms with Gasteiger partial charge in [-0.05, 0) is 68.9 Å². The molecule has 2 aliphatic carbocycles. The summed E-state index contributed by atoms with van der Waals surface area (Å²) in [5, 5.41) is 18.8. The summed E-state index contributed by atoms with van der Waals surface area (Å²) in [4.78, 5) is 12.0. The summed E-state index contributed by atoms with van der Waals surface area (Å²) >= 11 is 1.37. The maximum Gasteiger partial charge on any atom is 0.345 e. The minimum Gasteiger partial charge on any atom is -0.477 e. The second-order valence-electron chi connectivity index (χ2n) is 8.18. The van der Waals surface area contributed by atoms with Crippen molar-refractivity contribution in [2.24, 2.45) is 11.3 Å². The van der Waals surface area contributed by atoms with E-state index in [0.29, 0.717) is 11.3 Å². The fraction of sp³-hybridized carbons (Fsp3) is 0.696. The summed E-state index contributed by atoms with van der Waals surface area (Å²) in [5.74, 6) is -0.710. The van der Waals surface area contributed by atoms with Gasteiger partial charge in [-0.15, -0.1) is 11.3 Å². The van der Waals surface area contributed by atoms with Gasteiger partial charge in [-0.3, -0.25) is 0 Å². The predicted octanol–water partition coefficient (Wildman–Crippen LogP) is 6.41. The van der Waals surface area contributed by atoms with Gasteiger partial charge in [-0.25, -0.2) is 9.18 Å². The van der Waals surface area contributed by atoms with Gasteiger partial charge in [-0.2, -0.15) is 0 Å². The van der Waals surface area contributed by atoms with Crippen molar-refractivity contribution in [3.63, 3.8) is 0 Å². The molecular weight excluding hydrogens is 375 g/mol. The van der Waals surface area contributed by atoms with Crippen molar-refractivity contribution < 1.29 is 19.4 Å². The van der Waals surface area contributed by atoms with E-state index in [1.807, 2.05) is 18.2 Å². The number of carboxylic acids is 1. The highest BCUT2D eigenvalue weighted by Gasteiger charge is 2.41. The molecule has 2 fully saturated rings. The Morgan fingerprint density at radius 2 is 2.07 bits per heavy atom. The number of aromatic carboxylic acids is 1. The van der Waals surface area contributed by atoms with Crippen LogP contribution in [0, 0.1) is 11.3 Å². The van der Waals surface area contributed by atoms with E-state index in [0.717, 1.165) is 56.2 Å². The van der Waals surface area contributed by atoms with E-state index in [-0.39, 0.29) is 17.4 Å². The molecular formula is C23H35FO3S. The Hall–Kier alpha value is -1.20. The van der Waals surface area contributed by atoms with Crippen LogP contribution in [0.2, 0.25) is 0 Å². The van der Waals surface area contributed by atoms with E-state index in [1.165, 1.54) is 17.8 Å². The molecule has 3 rings (SSSR count). The van der Waals surface area contributed by atoms with Gasteiger partial charge in [0.05, 0.1) is 6.10 Å². The number of carboxylic acid groups (broad SMARTS) is 1. The van der Waals surface area contributed by atoms with E-state index in [1.54, 1.807) is 6.07 Å². The van der Waals surface area contributed by atoms with Crippen LogP contribution in [0.3, 0.4) is 0 Å². The molecule has 1 heterocycles. The van der Waals surface area contributed by atoms with Gasteiger partial charge in [0.1, 0.15) is 11.0 Å². The Morgan fingerprint density at radius 1 is 1.32 bits per heavy atom. The van der Waals surface area contributed by atoms with Crippen LogP contribution in [0.15, 0.2) is 24.3 Å². The molecule has 3 nitrogen and oxygen atoms in total. The van der Waals surface area contributed by atoms with E-state index < -0.39 is 12.1 Å². The molecule has 0 aliphatic heterocycles. The van der Waals surface area contributed by atoms with Crippen LogP contribution >= 0.6 is 11.3 Å². The molecule has 3 atom stereocenters. The van der Waals surface area contributed by atoms with Crippen molar-refractivity contribution in [1.82, 2.24) is 0 Å². The smallest absolute Gasteiger partial charge is 0.345 e. The maximum atomic E-state index is 13.4. The lowest BCUT2D eigenvalue weighted by Crippen LogP contribution is -2.40. The Balaban J connectivity index is 0.000000221. The van der Waals surface area contributed by atoms with Crippen LogP contribution in [0.4, 0.5) is 4.39 Å². The van der Waals surface area contributed by atoms with Crippen molar-refractivity contribution in [3.05, 3.63) is 34.0 Å². The minimum absolute atomic E-state index is 0.112. The first-order valence-corrected chi connectivity index (χ1v) is 11.5. The molecule has 0 saturated heterocycles. The van der Waals surface area contributed by atoms with Crippen LogP contribution < -0.4 is 0 Å². The van der Waals surface area contributed by atoms with Crippen LogP contribution in [-0.4, -0.2) is 28.5 Å². The standard InChI is InChI=1S/C15H25FO.C8H10O2S/c1-2-15(10-5-11-15)14(17)9-4-7-12-6-3-8-13(12)16;1-2-3-6-4-5-7(11-6)8(9)10/h4,7,12-14,17H,2-3,5-6,8-11H2,1H3;4-5H,2-3H2,1H3,(H,9,10)/b7-4+;/t12-,13-,14?;/m0./s1. The molecule has 0 bridgehead atoms. The number of aryl methyl sites for hydroxylation is 1. The zero-order valence-electron chi connectivity index (χ0n) is 17.2. The SMILES string of the molecule is CCC1(C(O)C/C=C/[C@@H]2CCC[C@@H]2F)CCC1.CCCc1ccc(C(=O)O)s1. The quantitative estimate of drug-likeness (QED) is 0.487. The normalized spacial score (nSPS) is 24.4. The average molecular weight is 411 g/mol. The van der Waals surface area contributed by atoms with Crippen molar-refractivity contribution in [1.29, 1.82) is 0 Å². The monoisotopic (exact) mass is 410 g/mol. The molecule has 2 N–H and O–H groups in total. The molecule has 28 heavy (non-hydrogen) atoms. The van der Waals surface area contributed by atoms with Gasteiger partial charge in [0, 0.05) is 10.8 Å². The second-order valence-corrected chi connectivity index (χ2v) is 9.35. The van der Waals surface area contributed by atoms with Gasteiger partial charge in [0.25, 0.3) is 0 Å². The third kappa shape index (κ3) is 6.15. The van der Waals surface area contributed by atoms with Crippen molar-refractivity contribution >= 4 is 17.3 Å². The lowest BCUT2D eigenvalue weighted by molar-refractivity contribution is -0.0355. The number of aliphatic hydroxyl groups is 1. The van der Waals surface area contributed by atoms with Crippen molar-refractivity contribution in [3.8, 4) is 0 Å². The molecule has 2 aliphatic rings. The highest BCUT2D eigenvalue weighted by Crippen LogP contribution is 2.47. The summed E-state index contributed by atoms with van der Waals surface area (Å²) in [6.45, 7) is 4.25. The fourth-order valence-corrected chi connectivity index (χ4v) is 5.17. The molecule has 2 saturated carbocycles. The number of alkyl halides is 1. The minimum atomic E-state index is -0.822. The molecule has 158 valence electrons. The molecule has 1 unspecified atom stereocenters. The molecule has 0 radical (unpaired) electrons. The Labute approximate surface area is 172 Å². The van der Waals surface area contributed by atoms with Crippen LogP contribution in [0.1, 0.15) is 86.2 Å². The van der Waals surface area contributed by atoms with Gasteiger partial charge < -0.3 is 10.2 Å². The first-order valence-electron chi connectivity index (χ1n) is 10.7. The lowest BCUT2D eigenvalue weighted by Gasteiger charge is -2.45. The number of rotatable bonds is 8. The van der Waals surface area contributed by atoms with E-state index in [2.05, 4.69) is 13.8 Å². The molecule has 5 heteroatoms. The number of thiophene rings is 1. The van der Waals surface area contributed by atoms with Gasteiger partial charge in [-0.1, -0.05) is 38.8 Å². The number of carbonyl (C=O) groups is 1. The van der Waals surface area contributed by atoms with Crippen LogP contribution in [-0.2, 0) is 6.42 Å². The Bertz CT molecular complexity index is 630. The lowest BCUT2D eigenvalue weighted by atomic mass is 9.63. The van der Waals surface area contributed by atoms with Crippen LogP contribution in [0.5, 0.6) is 0 Å².